The fourth-order valence-corrected chi connectivity index (χ4v) is 3.83. The van der Waals surface area contributed by atoms with E-state index in [9.17, 15) is 4.79 Å². The standard InChI is InChI=1S/C25H32N2O6/c1-29-20-8-6-19(16-21(20)30-2)17-26-10-12-27(13-11-26)24(28)9-7-18-14-22(31-3)25(33-5)23(15-18)32-4/h6-9,14-16H,10-13,17H2,1-5H3/b9-7+. The third-order valence-corrected chi connectivity index (χ3v) is 5.64. The highest BCUT2D eigenvalue weighted by Gasteiger charge is 2.20. The summed E-state index contributed by atoms with van der Waals surface area (Å²) in [5.74, 6) is 3.04. The van der Waals surface area contributed by atoms with Crippen molar-refractivity contribution in [3.63, 3.8) is 0 Å². The molecule has 1 fully saturated rings. The second-order valence-corrected chi connectivity index (χ2v) is 7.58. The van der Waals surface area contributed by atoms with Gasteiger partial charge < -0.3 is 28.6 Å². The third kappa shape index (κ3) is 5.90. The van der Waals surface area contributed by atoms with Crippen LogP contribution in [0, 0.1) is 0 Å². The Balaban J connectivity index is 1.58. The van der Waals surface area contributed by atoms with Crippen molar-refractivity contribution >= 4 is 12.0 Å². The molecule has 2 aromatic rings. The highest BCUT2D eigenvalue weighted by Crippen LogP contribution is 2.38. The molecule has 2 aromatic carbocycles. The second kappa shape index (κ2) is 11.5. The van der Waals surface area contributed by atoms with Crippen LogP contribution in [-0.2, 0) is 11.3 Å². The molecule has 1 aliphatic rings. The number of carbonyl (C=O) groups excluding carboxylic acids is 1. The predicted molar refractivity (Wildman–Crippen MR) is 127 cm³/mol. The van der Waals surface area contributed by atoms with Crippen LogP contribution in [0.15, 0.2) is 36.4 Å². The molecule has 1 aliphatic heterocycles. The lowest BCUT2D eigenvalue weighted by atomic mass is 10.1. The van der Waals surface area contributed by atoms with Crippen molar-refractivity contribution in [3.05, 3.63) is 47.5 Å². The van der Waals surface area contributed by atoms with Gasteiger partial charge in [-0.25, -0.2) is 0 Å². The van der Waals surface area contributed by atoms with Crippen molar-refractivity contribution in [3.8, 4) is 28.7 Å². The van der Waals surface area contributed by atoms with Crippen LogP contribution in [0.25, 0.3) is 6.08 Å². The number of ether oxygens (including phenoxy) is 5. The van der Waals surface area contributed by atoms with Gasteiger partial charge in [0, 0.05) is 38.8 Å². The van der Waals surface area contributed by atoms with Crippen LogP contribution in [0.5, 0.6) is 28.7 Å². The molecular weight excluding hydrogens is 424 g/mol. The largest absolute Gasteiger partial charge is 0.493 e. The summed E-state index contributed by atoms with van der Waals surface area (Å²) in [5, 5.41) is 0. The molecule has 8 nitrogen and oxygen atoms in total. The Hall–Kier alpha value is -3.39. The van der Waals surface area contributed by atoms with Crippen LogP contribution in [0.4, 0.5) is 0 Å². The SMILES string of the molecule is COc1ccc(CN2CCN(C(=O)/C=C/c3cc(OC)c(OC)c(OC)c3)CC2)cc1OC. The lowest BCUT2D eigenvalue weighted by molar-refractivity contribution is -0.127. The van der Waals surface area contributed by atoms with Gasteiger partial charge in [0.25, 0.3) is 0 Å². The Kier molecular flexibility index (Phi) is 8.43. The minimum Gasteiger partial charge on any atom is -0.493 e. The molecule has 1 amide bonds. The van der Waals surface area contributed by atoms with Gasteiger partial charge >= 0.3 is 0 Å². The molecule has 33 heavy (non-hydrogen) atoms. The van der Waals surface area contributed by atoms with Gasteiger partial charge in [-0.3, -0.25) is 9.69 Å². The van der Waals surface area contributed by atoms with E-state index in [1.165, 1.54) is 0 Å². The third-order valence-electron chi connectivity index (χ3n) is 5.64. The zero-order valence-corrected chi connectivity index (χ0v) is 19.9. The van der Waals surface area contributed by atoms with Gasteiger partial charge in [-0.2, -0.15) is 0 Å². The van der Waals surface area contributed by atoms with Crippen molar-refractivity contribution in [2.75, 3.05) is 61.7 Å². The molecule has 3 rings (SSSR count). The van der Waals surface area contributed by atoms with E-state index in [-0.39, 0.29) is 5.91 Å². The molecule has 0 N–H and O–H groups in total. The molecule has 0 bridgehead atoms. The molecule has 0 radical (unpaired) electrons. The smallest absolute Gasteiger partial charge is 0.246 e. The average Bonchev–Trinajstić information content (AvgIpc) is 2.86. The van der Waals surface area contributed by atoms with Crippen LogP contribution in [0.2, 0.25) is 0 Å². The fourth-order valence-electron chi connectivity index (χ4n) is 3.83. The monoisotopic (exact) mass is 456 g/mol. The summed E-state index contributed by atoms with van der Waals surface area (Å²) in [6, 6.07) is 9.58. The van der Waals surface area contributed by atoms with Crippen LogP contribution in [0.1, 0.15) is 11.1 Å². The van der Waals surface area contributed by atoms with Crippen LogP contribution < -0.4 is 23.7 Å². The Bertz CT molecular complexity index is 958. The summed E-state index contributed by atoms with van der Waals surface area (Å²) in [4.78, 5) is 16.9. The molecule has 1 heterocycles. The van der Waals surface area contributed by atoms with Crippen LogP contribution >= 0.6 is 0 Å². The Morgan fingerprint density at radius 2 is 1.39 bits per heavy atom. The first kappa shape index (κ1) is 24.3. The first-order valence-electron chi connectivity index (χ1n) is 10.7. The summed E-state index contributed by atoms with van der Waals surface area (Å²) >= 11 is 0. The maximum absolute atomic E-state index is 12.7. The van der Waals surface area contributed by atoms with E-state index in [4.69, 9.17) is 23.7 Å². The Labute approximate surface area is 195 Å². The van der Waals surface area contributed by atoms with Crippen LogP contribution in [0.3, 0.4) is 0 Å². The number of rotatable bonds is 9. The summed E-state index contributed by atoms with van der Waals surface area (Å²) < 4.78 is 26.8. The molecular formula is C25H32N2O6. The Morgan fingerprint density at radius 1 is 0.788 bits per heavy atom. The molecule has 0 spiro atoms. The number of hydrogen-bond acceptors (Lipinski definition) is 7. The van der Waals surface area contributed by atoms with E-state index in [1.54, 1.807) is 47.7 Å². The van der Waals surface area contributed by atoms with Crippen molar-refractivity contribution in [1.29, 1.82) is 0 Å². The van der Waals surface area contributed by atoms with E-state index >= 15 is 0 Å². The summed E-state index contributed by atoms with van der Waals surface area (Å²) in [6.45, 7) is 3.75. The van der Waals surface area contributed by atoms with E-state index in [2.05, 4.69) is 4.90 Å². The zero-order chi connectivity index (χ0) is 23.8. The second-order valence-electron chi connectivity index (χ2n) is 7.58. The minimum atomic E-state index is -0.0190. The van der Waals surface area contributed by atoms with E-state index in [1.807, 2.05) is 35.2 Å². The molecule has 8 heteroatoms. The highest BCUT2D eigenvalue weighted by atomic mass is 16.5. The van der Waals surface area contributed by atoms with Gasteiger partial charge in [-0.15, -0.1) is 0 Å². The number of nitrogens with zero attached hydrogens (tertiary/aromatic N) is 2. The van der Waals surface area contributed by atoms with E-state index in [0.717, 1.165) is 42.3 Å². The number of methoxy groups -OCH3 is 5. The van der Waals surface area contributed by atoms with Crippen molar-refractivity contribution in [2.45, 2.75) is 6.54 Å². The van der Waals surface area contributed by atoms with Crippen molar-refractivity contribution < 1.29 is 28.5 Å². The van der Waals surface area contributed by atoms with Gasteiger partial charge in [-0.05, 0) is 41.5 Å². The molecule has 178 valence electrons. The maximum Gasteiger partial charge on any atom is 0.246 e. The minimum absolute atomic E-state index is 0.0190. The number of carbonyl (C=O) groups is 1. The summed E-state index contributed by atoms with van der Waals surface area (Å²) in [7, 11) is 7.96. The predicted octanol–water partition coefficient (Wildman–Crippen LogP) is 3.09. The van der Waals surface area contributed by atoms with Gasteiger partial charge in [-0.1, -0.05) is 6.07 Å². The first-order valence-corrected chi connectivity index (χ1v) is 10.7. The number of piperazine rings is 1. The van der Waals surface area contributed by atoms with E-state index in [0.29, 0.717) is 30.3 Å². The maximum atomic E-state index is 12.7. The molecule has 0 aromatic heterocycles. The normalized spacial score (nSPS) is 14.3. The summed E-state index contributed by atoms with van der Waals surface area (Å²) in [6.07, 6.45) is 3.35. The lowest BCUT2D eigenvalue weighted by Crippen LogP contribution is -2.47. The quantitative estimate of drug-likeness (QED) is 0.537. The molecule has 0 aliphatic carbocycles. The molecule has 0 atom stereocenters. The van der Waals surface area contributed by atoms with Gasteiger partial charge in [0.2, 0.25) is 11.7 Å². The van der Waals surface area contributed by atoms with Gasteiger partial charge in [0.1, 0.15) is 0 Å². The van der Waals surface area contributed by atoms with E-state index < -0.39 is 0 Å². The van der Waals surface area contributed by atoms with Crippen molar-refractivity contribution in [2.24, 2.45) is 0 Å². The van der Waals surface area contributed by atoms with Crippen LogP contribution in [-0.4, -0.2) is 77.4 Å². The van der Waals surface area contributed by atoms with Gasteiger partial charge in [0.15, 0.2) is 23.0 Å². The highest BCUT2D eigenvalue weighted by molar-refractivity contribution is 5.92. The number of benzene rings is 2. The fraction of sp³-hybridized carbons (Fsp3) is 0.400. The lowest BCUT2D eigenvalue weighted by Gasteiger charge is -2.34. The summed E-state index contributed by atoms with van der Waals surface area (Å²) in [5.41, 5.74) is 1.94. The number of hydrogen-bond donors (Lipinski definition) is 0. The van der Waals surface area contributed by atoms with Gasteiger partial charge in [0.05, 0.1) is 35.5 Å². The van der Waals surface area contributed by atoms with Crippen molar-refractivity contribution in [1.82, 2.24) is 9.80 Å². The first-order chi connectivity index (χ1) is 16.0. The number of amides is 1. The topological polar surface area (TPSA) is 69.7 Å². The molecule has 0 unspecified atom stereocenters. The molecule has 1 saturated heterocycles. The average molecular weight is 457 g/mol. The molecule has 0 saturated carbocycles. The zero-order valence-electron chi connectivity index (χ0n) is 19.9. The Morgan fingerprint density at radius 3 is 1.94 bits per heavy atom.